The van der Waals surface area contributed by atoms with E-state index >= 15 is 0 Å². The maximum absolute atomic E-state index is 12.0. The highest BCUT2D eigenvalue weighted by molar-refractivity contribution is 5.79. The average molecular weight is 265 g/mol. The average Bonchev–Trinajstić information content (AvgIpc) is 3.04. The zero-order valence-electron chi connectivity index (χ0n) is 11.8. The molecule has 2 rings (SSSR count). The van der Waals surface area contributed by atoms with E-state index in [2.05, 4.69) is 17.5 Å². The quantitative estimate of drug-likeness (QED) is 0.497. The molecule has 0 radical (unpaired) electrons. The number of unbranched alkanes of at least 4 members (excludes halogenated alkanes) is 5. The molecule has 0 aromatic rings. The number of aliphatic hydroxyl groups is 1. The van der Waals surface area contributed by atoms with Crippen LogP contribution < -0.4 is 5.32 Å². The van der Waals surface area contributed by atoms with Crippen molar-refractivity contribution >= 4 is 5.91 Å². The van der Waals surface area contributed by atoms with Gasteiger partial charge in [-0.25, -0.2) is 0 Å². The normalized spacial score (nSPS) is 27.9. The number of carbonyl (C=O) groups is 1. The van der Waals surface area contributed by atoms with Crippen LogP contribution in [0.25, 0.3) is 0 Å². The van der Waals surface area contributed by atoms with E-state index in [9.17, 15) is 4.79 Å². The van der Waals surface area contributed by atoms with Crippen LogP contribution in [0.1, 0.15) is 51.4 Å². The summed E-state index contributed by atoms with van der Waals surface area (Å²) in [7, 11) is 0. The Morgan fingerprint density at radius 2 is 1.79 bits per heavy atom. The Bertz CT molecular complexity index is 314. The highest BCUT2D eigenvalue weighted by Gasteiger charge is 2.39. The van der Waals surface area contributed by atoms with E-state index in [0.717, 1.165) is 32.2 Å². The largest absolute Gasteiger partial charge is 0.396 e. The van der Waals surface area contributed by atoms with Crippen molar-refractivity contribution in [2.75, 3.05) is 13.2 Å². The summed E-state index contributed by atoms with van der Waals surface area (Å²) in [6.07, 6.45) is 13.5. The Balaban J connectivity index is 1.47. The van der Waals surface area contributed by atoms with E-state index < -0.39 is 0 Å². The van der Waals surface area contributed by atoms with Crippen LogP contribution in [0.2, 0.25) is 0 Å². The number of nitrogens with one attached hydrogen (secondary N) is 1. The Kier molecular flexibility index (Phi) is 5.90. The minimum atomic E-state index is 0.250. The van der Waals surface area contributed by atoms with Gasteiger partial charge in [-0.2, -0.15) is 0 Å². The molecule has 3 heteroatoms. The SMILES string of the molecule is O=C(NCCCCCCCCO)C1CC2C=CC1C2. The number of carbonyl (C=O) groups excluding carboxylic acids is 1. The number of aliphatic hydroxyl groups excluding tert-OH is 1. The van der Waals surface area contributed by atoms with Crippen molar-refractivity contribution in [3.8, 4) is 0 Å². The molecular formula is C16H27NO2. The van der Waals surface area contributed by atoms with Gasteiger partial charge < -0.3 is 10.4 Å². The molecule has 1 saturated carbocycles. The minimum absolute atomic E-state index is 0.250. The van der Waals surface area contributed by atoms with Crippen LogP contribution in [0.15, 0.2) is 12.2 Å². The first kappa shape index (κ1) is 14.6. The van der Waals surface area contributed by atoms with Gasteiger partial charge in [-0.1, -0.05) is 37.8 Å². The zero-order chi connectivity index (χ0) is 13.5. The third kappa shape index (κ3) is 4.34. The van der Waals surface area contributed by atoms with Gasteiger partial charge in [-0.05, 0) is 37.5 Å². The van der Waals surface area contributed by atoms with Gasteiger partial charge in [-0.3, -0.25) is 4.79 Å². The van der Waals surface area contributed by atoms with Gasteiger partial charge in [0.15, 0.2) is 0 Å². The van der Waals surface area contributed by atoms with Gasteiger partial charge in [0.2, 0.25) is 5.91 Å². The summed E-state index contributed by atoms with van der Waals surface area (Å²) in [5.41, 5.74) is 0. The highest BCUT2D eigenvalue weighted by Crippen LogP contribution is 2.43. The van der Waals surface area contributed by atoms with Crippen LogP contribution in [0.4, 0.5) is 0 Å². The molecule has 1 amide bonds. The van der Waals surface area contributed by atoms with Crippen molar-refractivity contribution in [1.82, 2.24) is 5.32 Å². The van der Waals surface area contributed by atoms with E-state index in [0.29, 0.717) is 18.4 Å². The summed E-state index contributed by atoms with van der Waals surface area (Å²) in [6, 6.07) is 0. The van der Waals surface area contributed by atoms with E-state index in [-0.39, 0.29) is 11.8 Å². The van der Waals surface area contributed by atoms with Crippen LogP contribution in [-0.4, -0.2) is 24.2 Å². The molecule has 0 aromatic carbocycles. The fourth-order valence-electron chi connectivity index (χ4n) is 3.37. The molecule has 0 spiro atoms. The lowest BCUT2D eigenvalue weighted by Crippen LogP contribution is -2.33. The van der Waals surface area contributed by atoms with Crippen LogP contribution in [0, 0.1) is 17.8 Å². The lowest BCUT2D eigenvalue weighted by Gasteiger charge is -2.17. The standard InChI is InChI=1S/C16H27NO2/c18-10-6-4-2-1-3-5-9-17-16(19)15-12-13-7-8-14(15)11-13/h7-8,13-15,18H,1-6,9-12H2,(H,17,19). The molecule has 2 aliphatic rings. The van der Waals surface area contributed by atoms with E-state index in [1.807, 2.05) is 0 Å². The van der Waals surface area contributed by atoms with Crippen molar-refractivity contribution in [3.05, 3.63) is 12.2 Å². The fraction of sp³-hybridized carbons (Fsp3) is 0.812. The number of hydrogen-bond acceptors (Lipinski definition) is 2. The first-order valence-corrected chi connectivity index (χ1v) is 7.88. The van der Waals surface area contributed by atoms with E-state index in [1.54, 1.807) is 0 Å². The van der Waals surface area contributed by atoms with Crippen molar-refractivity contribution in [2.24, 2.45) is 17.8 Å². The summed E-state index contributed by atoms with van der Waals surface area (Å²) in [5.74, 6) is 1.72. The van der Waals surface area contributed by atoms with Gasteiger partial charge in [0.25, 0.3) is 0 Å². The molecule has 19 heavy (non-hydrogen) atoms. The van der Waals surface area contributed by atoms with E-state index in [4.69, 9.17) is 5.11 Å². The molecule has 3 atom stereocenters. The molecule has 0 heterocycles. The molecule has 0 aromatic heterocycles. The molecule has 2 N–H and O–H groups in total. The second-order valence-corrected chi connectivity index (χ2v) is 6.02. The summed E-state index contributed by atoms with van der Waals surface area (Å²) in [4.78, 5) is 12.0. The second-order valence-electron chi connectivity index (χ2n) is 6.02. The Morgan fingerprint density at radius 1 is 1.05 bits per heavy atom. The monoisotopic (exact) mass is 265 g/mol. The molecule has 3 unspecified atom stereocenters. The third-order valence-corrected chi connectivity index (χ3v) is 4.50. The van der Waals surface area contributed by atoms with E-state index in [1.165, 1.54) is 25.7 Å². The minimum Gasteiger partial charge on any atom is -0.396 e. The zero-order valence-corrected chi connectivity index (χ0v) is 11.8. The van der Waals surface area contributed by atoms with Crippen molar-refractivity contribution < 1.29 is 9.90 Å². The van der Waals surface area contributed by atoms with Gasteiger partial charge >= 0.3 is 0 Å². The number of hydrogen-bond donors (Lipinski definition) is 2. The predicted octanol–water partition coefficient (Wildman–Crippen LogP) is 2.65. The Labute approximate surface area is 116 Å². The number of allylic oxidation sites excluding steroid dienone is 2. The molecule has 2 aliphatic carbocycles. The predicted molar refractivity (Wildman–Crippen MR) is 76.6 cm³/mol. The number of rotatable bonds is 9. The molecule has 0 aliphatic heterocycles. The van der Waals surface area contributed by atoms with Crippen molar-refractivity contribution in [2.45, 2.75) is 51.4 Å². The maximum atomic E-state index is 12.0. The highest BCUT2D eigenvalue weighted by atomic mass is 16.2. The number of amides is 1. The molecule has 1 fully saturated rings. The summed E-state index contributed by atoms with van der Waals surface area (Å²) in [6.45, 7) is 1.14. The maximum Gasteiger partial charge on any atom is 0.223 e. The molecule has 3 nitrogen and oxygen atoms in total. The lowest BCUT2D eigenvalue weighted by molar-refractivity contribution is -0.125. The van der Waals surface area contributed by atoms with Crippen LogP contribution in [0.5, 0.6) is 0 Å². The fourth-order valence-corrected chi connectivity index (χ4v) is 3.37. The topological polar surface area (TPSA) is 49.3 Å². The summed E-state index contributed by atoms with van der Waals surface area (Å²) >= 11 is 0. The molecule has 0 saturated heterocycles. The van der Waals surface area contributed by atoms with Crippen LogP contribution >= 0.6 is 0 Å². The van der Waals surface area contributed by atoms with Gasteiger partial charge in [0.1, 0.15) is 0 Å². The summed E-state index contributed by atoms with van der Waals surface area (Å²) < 4.78 is 0. The van der Waals surface area contributed by atoms with Crippen molar-refractivity contribution in [3.63, 3.8) is 0 Å². The Hall–Kier alpha value is -0.830. The first-order chi connectivity index (χ1) is 9.31. The molecule has 2 bridgehead atoms. The number of fused-ring (bicyclic) bond motifs is 2. The smallest absolute Gasteiger partial charge is 0.223 e. The van der Waals surface area contributed by atoms with Crippen LogP contribution in [0.3, 0.4) is 0 Å². The summed E-state index contributed by atoms with van der Waals surface area (Å²) in [5, 5.41) is 11.8. The Morgan fingerprint density at radius 3 is 2.42 bits per heavy atom. The second kappa shape index (κ2) is 7.68. The van der Waals surface area contributed by atoms with Crippen molar-refractivity contribution in [1.29, 1.82) is 0 Å². The third-order valence-electron chi connectivity index (χ3n) is 4.50. The molecular weight excluding hydrogens is 238 g/mol. The van der Waals surface area contributed by atoms with Gasteiger partial charge in [-0.15, -0.1) is 0 Å². The first-order valence-electron chi connectivity index (χ1n) is 7.88. The lowest BCUT2D eigenvalue weighted by atomic mass is 9.93. The van der Waals surface area contributed by atoms with Gasteiger partial charge in [0, 0.05) is 19.1 Å². The molecule has 108 valence electrons. The van der Waals surface area contributed by atoms with Gasteiger partial charge in [0.05, 0.1) is 0 Å². The van der Waals surface area contributed by atoms with Crippen LogP contribution in [-0.2, 0) is 4.79 Å².